The van der Waals surface area contributed by atoms with Crippen molar-refractivity contribution in [1.82, 2.24) is 9.97 Å². The largest absolute Gasteiger partial charge is 0.233 e. The number of hydrogen-bond donors (Lipinski definition) is 0. The van der Waals surface area contributed by atoms with Crippen molar-refractivity contribution in [3.8, 4) is 0 Å². The van der Waals surface area contributed by atoms with Crippen LogP contribution in [0.3, 0.4) is 0 Å². The Morgan fingerprint density at radius 2 is 1.85 bits per heavy atom. The van der Waals surface area contributed by atoms with Gasteiger partial charge >= 0.3 is 0 Å². The van der Waals surface area contributed by atoms with Crippen LogP contribution < -0.4 is 0 Å². The molecule has 0 unspecified atom stereocenters. The molecule has 0 saturated heterocycles. The van der Waals surface area contributed by atoms with Crippen LogP contribution in [0.5, 0.6) is 0 Å². The van der Waals surface area contributed by atoms with Crippen molar-refractivity contribution < 1.29 is 0 Å². The third-order valence-corrected chi connectivity index (χ3v) is 4.38. The quantitative estimate of drug-likeness (QED) is 0.564. The molecule has 0 fully saturated rings. The van der Waals surface area contributed by atoms with Crippen LogP contribution in [0, 0.1) is 5.41 Å². The highest BCUT2D eigenvalue weighted by Gasteiger charge is 2.26. The van der Waals surface area contributed by atoms with E-state index in [2.05, 4.69) is 44.2 Å². The first-order chi connectivity index (χ1) is 9.61. The van der Waals surface area contributed by atoms with Crippen LogP contribution in [0.25, 0.3) is 21.9 Å². The number of aryl methyl sites for hydroxylation is 1. The molecule has 1 aromatic carbocycles. The lowest BCUT2D eigenvalue weighted by atomic mass is 9.76. The van der Waals surface area contributed by atoms with Crippen molar-refractivity contribution >= 4 is 21.9 Å². The molecule has 0 amide bonds. The van der Waals surface area contributed by atoms with Crippen molar-refractivity contribution in [2.45, 2.75) is 33.1 Å². The van der Waals surface area contributed by atoms with Crippen LogP contribution in [0.15, 0.2) is 36.4 Å². The Hall–Kier alpha value is -1.96. The van der Waals surface area contributed by atoms with Gasteiger partial charge in [-0.1, -0.05) is 32.0 Å². The van der Waals surface area contributed by atoms with Gasteiger partial charge in [-0.2, -0.15) is 0 Å². The van der Waals surface area contributed by atoms with Crippen LogP contribution in [-0.4, -0.2) is 9.97 Å². The average molecular weight is 262 g/mol. The first kappa shape index (κ1) is 11.8. The normalized spacial score (nSPS) is 17.3. The molecule has 0 N–H and O–H groups in total. The number of rotatable bonds is 0. The van der Waals surface area contributed by atoms with Gasteiger partial charge in [0.1, 0.15) is 0 Å². The highest BCUT2D eigenvalue weighted by atomic mass is 14.9. The summed E-state index contributed by atoms with van der Waals surface area (Å²) in [6.07, 6.45) is 3.41. The molecule has 4 rings (SSSR count). The third kappa shape index (κ3) is 1.87. The molecule has 0 atom stereocenters. The van der Waals surface area contributed by atoms with Crippen molar-refractivity contribution in [2.75, 3.05) is 0 Å². The molecule has 0 bridgehead atoms. The van der Waals surface area contributed by atoms with Crippen LogP contribution in [0.1, 0.15) is 31.5 Å². The zero-order valence-corrected chi connectivity index (χ0v) is 12.0. The van der Waals surface area contributed by atoms with Crippen LogP contribution in [0.4, 0.5) is 0 Å². The van der Waals surface area contributed by atoms with E-state index in [1.807, 2.05) is 6.07 Å². The standard InChI is InChI=1S/C18H18N2/c1-18(2)8-7-16-14(11-18)10-13-9-12-5-3-4-6-15(12)19-17(13)20-16/h3-6,9-10H,7-8,11H2,1-2H3. The number of pyridine rings is 2. The molecule has 2 heterocycles. The summed E-state index contributed by atoms with van der Waals surface area (Å²) in [6.45, 7) is 4.69. The van der Waals surface area contributed by atoms with Crippen molar-refractivity contribution in [2.24, 2.45) is 5.41 Å². The molecule has 2 heteroatoms. The maximum atomic E-state index is 4.82. The van der Waals surface area contributed by atoms with Crippen molar-refractivity contribution in [3.63, 3.8) is 0 Å². The van der Waals surface area contributed by atoms with Crippen LogP contribution in [0.2, 0.25) is 0 Å². The van der Waals surface area contributed by atoms with Crippen LogP contribution in [-0.2, 0) is 12.8 Å². The highest BCUT2D eigenvalue weighted by Crippen LogP contribution is 2.35. The van der Waals surface area contributed by atoms with E-state index in [-0.39, 0.29) is 0 Å². The summed E-state index contributed by atoms with van der Waals surface area (Å²) in [7, 11) is 0. The van der Waals surface area contributed by atoms with Gasteiger partial charge in [-0.15, -0.1) is 0 Å². The molecule has 3 aromatic rings. The summed E-state index contributed by atoms with van der Waals surface area (Å²) < 4.78 is 0. The minimum Gasteiger partial charge on any atom is -0.233 e. The van der Waals surface area contributed by atoms with Gasteiger partial charge in [0.25, 0.3) is 0 Å². The summed E-state index contributed by atoms with van der Waals surface area (Å²) in [4.78, 5) is 9.53. The lowest BCUT2D eigenvalue weighted by Gasteiger charge is -2.30. The Morgan fingerprint density at radius 3 is 2.75 bits per heavy atom. The van der Waals surface area contributed by atoms with E-state index >= 15 is 0 Å². The molecule has 0 radical (unpaired) electrons. The van der Waals surface area contributed by atoms with Gasteiger partial charge in [-0.05, 0) is 48.4 Å². The lowest BCUT2D eigenvalue weighted by molar-refractivity contribution is 0.313. The second-order valence-corrected chi connectivity index (χ2v) is 6.66. The number of fused-ring (bicyclic) bond motifs is 3. The lowest BCUT2D eigenvalue weighted by Crippen LogP contribution is -2.23. The zero-order chi connectivity index (χ0) is 13.7. The molecular formula is C18H18N2. The summed E-state index contributed by atoms with van der Waals surface area (Å²) in [5.41, 5.74) is 4.98. The Morgan fingerprint density at radius 1 is 1.00 bits per heavy atom. The SMILES string of the molecule is CC1(C)CCc2nc3nc4ccccc4cc3cc2C1. The fourth-order valence-electron chi connectivity index (χ4n) is 3.22. The number of benzene rings is 1. The Labute approximate surface area is 118 Å². The first-order valence-corrected chi connectivity index (χ1v) is 7.29. The fourth-order valence-corrected chi connectivity index (χ4v) is 3.22. The summed E-state index contributed by atoms with van der Waals surface area (Å²) >= 11 is 0. The van der Waals surface area contributed by atoms with Crippen LogP contribution >= 0.6 is 0 Å². The second kappa shape index (κ2) is 4.02. The topological polar surface area (TPSA) is 25.8 Å². The second-order valence-electron chi connectivity index (χ2n) is 6.66. The molecular weight excluding hydrogens is 244 g/mol. The number of hydrogen-bond acceptors (Lipinski definition) is 2. The molecule has 1 aliphatic rings. The molecule has 20 heavy (non-hydrogen) atoms. The van der Waals surface area contributed by atoms with Crippen molar-refractivity contribution in [1.29, 1.82) is 0 Å². The predicted octanol–water partition coefficient (Wildman–Crippen LogP) is 4.30. The van der Waals surface area contributed by atoms with Gasteiger partial charge in [-0.3, -0.25) is 0 Å². The van der Waals surface area contributed by atoms with Crippen molar-refractivity contribution in [3.05, 3.63) is 47.7 Å². The van der Waals surface area contributed by atoms with E-state index in [4.69, 9.17) is 9.97 Å². The maximum Gasteiger partial charge on any atom is 0.160 e. The Kier molecular flexibility index (Phi) is 2.38. The van der Waals surface area contributed by atoms with Gasteiger partial charge in [0.2, 0.25) is 0 Å². The highest BCUT2D eigenvalue weighted by molar-refractivity contribution is 5.91. The minimum absolute atomic E-state index is 0.395. The summed E-state index contributed by atoms with van der Waals surface area (Å²) in [6, 6.07) is 12.8. The van der Waals surface area contributed by atoms with Gasteiger partial charge in [0.15, 0.2) is 5.65 Å². The van der Waals surface area contributed by atoms with Gasteiger partial charge in [0, 0.05) is 16.5 Å². The summed E-state index contributed by atoms with van der Waals surface area (Å²) in [5.74, 6) is 0. The van der Waals surface area contributed by atoms with Gasteiger partial charge in [0.05, 0.1) is 5.52 Å². The smallest absolute Gasteiger partial charge is 0.160 e. The van der Waals surface area contributed by atoms with E-state index in [9.17, 15) is 0 Å². The monoisotopic (exact) mass is 262 g/mol. The van der Waals surface area contributed by atoms with Gasteiger partial charge < -0.3 is 0 Å². The molecule has 0 aliphatic heterocycles. The molecule has 100 valence electrons. The maximum absolute atomic E-state index is 4.82. The summed E-state index contributed by atoms with van der Waals surface area (Å²) in [5, 5.41) is 2.36. The number of para-hydroxylation sites is 1. The first-order valence-electron chi connectivity index (χ1n) is 7.29. The van der Waals surface area contributed by atoms with E-state index in [0.717, 1.165) is 24.0 Å². The number of aromatic nitrogens is 2. The Bertz CT molecular complexity index is 818. The average Bonchev–Trinajstić information content (AvgIpc) is 2.42. The molecule has 0 spiro atoms. The third-order valence-electron chi connectivity index (χ3n) is 4.38. The van der Waals surface area contributed by atoms with E-state index < -0.39 is 0 Å². The van der Waals surface area contributed by atoms with E-state index in [1.54, 1.807) is 0 Å². The van der Waals surface area contributed by atoms with E-state index in [0.29, 0.717) is 5.41 Å². The Balaban J connectivity index is 1.97. The predicted molar refractivity (Wildman–Crippen MR) is 82.9 cm³/mol. The van der Waals surface area contributed by atoms with Gasteiger partial charge in [-0.25, -0.2) is 9.97 Å². The van der Waals surface area contributed by atoms with E-state index in [1.165, 1.54) is 28.5 Å². The zero-order valence-electron chi connectivity index (χ0n) is 12.0. The number of nitrogens with zero attached hydrogens (tertiary/aromatic N) is 2. The minimum atomic E-state index is 0.395. The molecule has 1 aliphatic carbocycles. The molecule has 2 aromatic heterocycles. The molecule has 2 nitrogen and oxygen atoms in total. The fraction of sp³-hybridized carbons (Fsp3) is 0.333. The molecule has 0 saturated carbocycles.